The van der Waals surface area contributed by atoms with Gasteiger partial charge in [0, 0.05) is 6.42 Å². The lowest BCUT2D eigenvalue weighted by atomic mass is 9.86. The summed E-state index contributed by atoms with van der Waals surface area (Å²) < 4.78 is 12.6. The minimum atomic E-state index is -1.85. The zero-order chi connectivity index (χ0) is 23.2. The summed E-state index contributed by atoms with van der Waals surface area (Å²) in [5.74, 6) is 0.235. The Hall–Kier alpha value is -2.67. The first kappa shape index (κ1) is 25.9. The molecule has 0 amide bonds. The van der Waals surface area contributed by atoms with E-state index >= 15 is 0 Å². The van der Waals surface area contributed by atoms with Crippen LogP contribution in [0.15, 0.2) is 91.0 Å². The minimum absolute atomic E-state index is 0. The molecule has 0 aliphatic carbocycles. The molecule has 5 nitrogen and oxygen atoms in total. The first-order chi connectivity index (χ1) is 16.0. The van der Waals surface area contributed by atoms with E-state index in [0.29, 0.717) is 24.3 Å². The molecule has 1 N–H and O–H groups in total. The molecule has 1 fully saturated rings. The number of hydrogen-bond donors (Lipinski definition) is 1. The molecule has 1 aliphatic heterocycles. The van der Waals surface area contributed by atoms with Crippen LogP contribution in [0.3, 0.4) is 0 Å². The maximum absolute atomic E-state index is 13.4. The van der Waals surface area contributed by atoms with Gasteiger partial charge in [-0.1, -0.05) is 78.9 Å². The zero-order valence-corrected chi connectivity index (χ0v) is 21.1. The van der Waals surface area contributed by atoms with Crippen LogP contribution in [0, 0.1) is 0 Å². The van der Waals surface area contributed by atoms with Crippen LogP contribution in [0.25, 0.3) is 0 Å². The standard InChI is InChI=1S/C28H32NO4.BrH/c1-29(20-21-32-25-16-9-4-10-17-25)19-11-18-26(22-29)33-27(30)28(31,23-12-5-2-6-13-23)24-14-7-3-8-15-24;/h2-10,12-17,26,31H,11,18-22H2,1H3;1H/q+1;/p-1/t26-,29?;/m1./s1. The van der Waals surface area contributed by atoms with Gasteiger partial charge in [0.2, 0.25) is 5.60 Å². The molecular formula is C28H32BrNO4. The molecule has 3 aromatic carbocycles. The molecule has 0 radical (unpaired) electrons. The first-order valence-electron chi connectivity index (χ1n) is 11.6. The van der Waals surface area contributed by atoms with Crippen molar-refractivity contribution in [2.75, 3.05) is 33.3 Å². The molecular weight excluding hydrogens is 494 g/mol. The second kappa shape index (κ2) is 11.6. The van der Waals surface area contributed by atoms with E-state index in [4.69, 9.17) is 9.47 Å². The molecule has 180 valence electrons. The quantitative estimate of drug-likeness (QED) is 0.354. The number of aliphatic hydroxyl groups is 1. The molecule has 34 heavy (non-hydrogen) atoms. The Labute approximate surface area is 212 Å². The van der Waals surface area contributed by atoms with Gasteiger partial charge in [-0.2, -0.15) is 0 Å². The third-order valence-electron chi connectivity index (χ3n) is 6.46. The van der Waals surface area contributed by atoms with E-state index in [-0.39, 0.29) is 23.1 Å². The number of benzene rings is 3. The summed E-state index contributed by atoms with van der Waals surface area (Å²) in [5, 5.41) is 11.7. The second-order valence-corrected chi connectivity index (χ2v) is 9.02. The molecule has 6 heteroatoms. The normalized spacial score (nSPS) is 20.1. The number of piperidine rings is 1. The highest BCUT2D eigenvalue weighted by Gasteiger charge is 2.44. The summed E-state index contributed by atoms with van der Waals surface area (Å²) in [6.07, 6.45) is 1.49. The Balaban J connectivity index is 0.00000324. The third-order valence-corrected chi connectivity index (χ3v) is 6.46. The summed E-state index contributed by atoms with van der Waals surface area (Å²) >= 11 is 0. The van der Waals surface area contributed by atoms with Crippen molar-refractivity contribution >= 4 is 5.97 Å². The van der Waals surface area contributed by atoms with Crippen LogP contribution < -0.4 is 21.7 Å². The minimum Gasteiger partial charge on any atom is -1.00 e. The molecule has 0 saturated carbocycles. The van der Waals surface area contributed by atoms with Gasteiger partial charge in [0.15, 0.2) is 6.10 Å². The molecule has 2 atom stereocenters. The van der Waals surface area contributed by atoms with Crippen molar-refractivity contribution in [3.8, 4) is 5.75 Å². The summed E-state index contributed by atoms with van der Waals surface area (Å²) in [6, 6.07) is 27.8. The molecule has 1 heterocycles. The Morgan fingerprint density at radius 2 is 1.47 bits per heavy atom. The summed E-state index contributed by atoms with van der Waals surface area (Å²) in [5.41, 5.74) is -0.837. The van der Waals surface area contributed by atoms with E-state index in [9.17, 15) is 9.90 Å². The molecule has 3 aromatic rings. The van der Waals surface area contributed by atoms with Crippen LogP contribution in [0.5, 0.6) is 5.75 Å². The number of rotatable bonds is 8. The predicted molar refractivity (Wildman–Crippen MR) is 128 cm³/mol. The van der Waals surface area contributed by atoms with Crippen LogP contribution >= 0.6 is 0 Å². The number of nitrogens with zero attached hydrogens (tertiary/aromatic N) is 1. The van der Waals surface area contributed by atoms with Crippen molar-refractivity contribution < 1.29 is 40.8 Å². The number of quaternary nitrogens is 1. The van der Waals surface area contributed by atoms with Gasteiger partial charge in [0.1, 0.15) is 25.4 Å². The van der Waals surface area contributed by atoms with E-state index in [0.717, 1.165) is 36.2 Å². The number of ether oxygens (including phenoxy) is 2. The van der Waals surface area contributed by atoms with E-state index in [1.54, 1.807) is 24.3 Å². The lowest BCUT2D eigenvalue weighted by molar-refractivity contribution is -0.917. The van der Waals surface area contributed by atoms with Crippen LogP contribution in [-0.2, 0) is 15.1 Å². The average molecular weight is 526 g/mol. The number of carbonyl (C=O) groups excluding carboxylic acids is 1. The van der Waals surface area contributed by atoms with Crippen molar-refractivity contribution in [3.05, 3.63) is 102 Å². The molecule has 0 spiro atoms. The van der Waals surface area contributed by atoms with Gasteiger partial charge in [-0.25, -0.2) is 4.79 Å². The van der Waals surface area contributed by atoms with Gasteiger partial charge < -0.3 is 36.0 Å². The van der Waals surface area contributed by atoms with E-state index < -0.39 is 11.6 Å². The van der Waals surface area contributed by atoms with Gasteiger partial charge >= 0.3 is 5.97 Å². The van der Waals surface area contributed by atoms with Crippen molar-refractivity contribution in [1.82, 2.24) is 0 Å². The summed E-state index contributed by atoms with van der Waals surface area (Å²) in [7, 11) is 2.18. The van der Waals surface area contributed by atoms with Gasteiger partial charge in [-0.3, -0.25) is 0 Å². The number of carbonyl (C=O) groups is 1. The summed E-state index contributed by atoms with van der Waals surface area (Å²) in [6.45, 7) is 3.13. The number of likely N-dealkylation sites (N-methyl/N-ethyl adjacent to an activating group) is 1. The first-order valence-corrected chi connectivity index (χ1v) is 11.6. The predicted octanol–water partition coefficient (Wildman–Crippen LogP) is 1.16. The van der Waals surface area contributed by atoms with Crippen LogP contribution in [0.1, 0.15) is 24.0 Å². The van der Waals surface area contributed by atoms with E-state index in [1.807, 2.05) is 66.7 Å². The fourth-order valence-corrected chi connectivity index (χ4v) is 4.57. The number of esters is 1. The highest BCUT2D eigenvalue weighted by atomic mass is 79.9. The lowest BCUT2D eigenvalue weighted by Crippen LogP contribution is -3.00. The number of likely N-dealkylation sites (tertiary alicyclic amines) is 1. The fraction of sp³-hybridized carbons (Fsp3) is 0.321. The van der Waals surface area contributed by atoms with Crippen LogP contribution in [0.4, 0.5) is 0 Å². The maximum atomic E-state index is 13.4. The number of halogens is 1. The van der Waals surface area contributed by atoms with E-state index in [1.165, 1.54) is 0 Å². The SMILES string of the molecule is C[N+]1(CCOc2ccccc2)CCC[C@@H](OC(=O)C(O)(c2ccccc2)c2ccccc2)C1.[Br-]. The van der Waals surface area contributed by atoms with Gasteiger partial charge in [0.05, 0.1) is 13.6 Å². The smallest absolute Gasteiger partial charge is 0.348 e. The van der Waals surface area contributed by atoms with Crippen LogP contribution in [-0.4, -0.2) is 55.0 Å². The number of para-hydroxylation sites is 1. The van der Waals surface area contributed by atoms with Gasteiger partial charge in [-0.15, -0.1) is 0 Å². The van der Waals surface area contributed by atoms with Crippen molar-refractivity contribution in [2.45, 2.75) is 24.5 Å². The summed E-state index contributed by atoms with van der Waals surface area (Å²) in [4.78, 5) is 13.4. The second-order valence-electron chi connectivity index (χ2n) is 9.02. The highest BCUT2D eigenvalue weighted by Crippen LogP contribution is 2.32. The van der Waals surface area contributed by atoms with Crippen LogP contribution in [0.2, 0.25) is 0 Å². The topological polar surface area (TPSA) is 55.8 Å². The largest absolute Gasteiger partial charge is 1.00 e. The van der Waals surface area contributed by atoms with Crippen molar-refractivity contribution in [1.29, 1.82) is 0 Å². The van der Waals surface area contributed by atoms with Gasteiger partial charge in [0.25, 0.3) is 0 Å². The van der Waals surface area contributed by atoms with Gasteiger partial charge in [-0.05, 0) is 29.7 Å². The maximum Gasteiger partial charge on any atom is 0.348 e. The molecule has 0 aromatic heterocycles. The zero-order valence-electron chi connectivity index (χ0n) is 19.5. The third kappa shape index (κ3) is 6.06. The fourth-order valence-electron chi connectivity index (χ4n) is 4.57. The highest BCUT2D eigenvalue weighted by molar-refractivity contribution is 5.85. The average Bonchev–Trinajstić information content (AvgIpc) is 2.85. The molecule has 1 unspecified atom stereocenters. The Bertz CT molecular complexity index is 993. The van der Waals surface area contributed by atoms with Crippen molar-refractivity contribution in [3.63, 3.8) is 0 Å². The Morgan fingerprint density at radius 1 is 0.941 bits per heavy atom. The molecule has 4 rings (SSSR count). The molecule has 1 saturated heterocycles. The van der Waals surface area contributed by atoms with Crippen molar-refractivity contribution in [2.24, 2.45) is 0 Å². The molecule has 0 bridgehead atoms. The monoisotopic (exact) mass is 525 g/mol. The Kier molecular flexibility index (Phi) is 8.89. The molecule has 1 aliphatic rings. The Morgan fingerprint density at radius 3 is 2.03 bits per heavy atom. The van der Waals surface area contributed by atoms with E-state index in [2.05, 4.69) is 7.05 Å². The number of hydrogen-bond acceptors (Lipinski definition) is 4. The lowest BCUT2D eigenvalue weighted by Gasteiger charge is -2.41.